The van der Waals surface area contributed by atoms with Crippen LogP contribution in [0, 0.1) is 0 Å². The molecule has 28 heavy (non-hydrogen) atoms. The highest BCUT2D eigenvalue weighted by Gasteiger charge is 2.14. The lowest BCUT2D eigenvalue weighted by molar-refractivity contribution is -0.116. The number of carbonyl (C=O) groups is 1. The summed E-state index contributed by atoms with van der Waals surface area (Å²) >= 11 is 0. The van der Waals surface area contributed by atoms with Gasteiger partial charge in [0.1, 0.15) is 0 Å². The number of likely N-dealkylation sites (N-methyl/N-ethyl adjacent to an activating group) is 1. The standard InChI is InChI=1S/C24H27N3O/c1-26-15-17-27(18-16-26)22-12-10-21(11-13-22)25-24(28)14-9-20-7-4-6-19-5-2-3-8-23(19)20/h2-8,10-13H,9,14-18H2,1H3,(H,25,28). The molecule has 0 radical (unpaired) electrons. The van der Waals surface area contributed by atoms with Crippen LogP contribution in [0.15, 0.2) is 66.7 Å². The summed E-state index contributed by atoms with van der Waals surface area (Å²) < 4.78 is 0. The summed E-state index contributed by atoms with van der Waals surface area (Å²) in [5, 5.41) is 5.48. The molecule has 0 spiro atoms. The number of fused-ring (bicyclic) bond motifs is 1. The SMILES string of the molecule is CN1CCN(c2ccc(NC(=O)CCc3cccc4ccccc34)cc2)CC1. The second kappa shape index (κ2) is 8.44. The summed E-state index contributed by atoms with van der Waals surface area (Å²) in [6, 6.07) is 22.8. The monoisotopic (exact) mass is 373 g/mol. The average Bonchev–Trinajstić information content (AvgIpc) is 2.73. The van der Waals surface area contributed by atoms with Crippen molar-refractivity contribution in [3.63, 3.8) is 0 Å². The molecule has 1 N–H and O–H groups in total. The molecule has 1 aliphatic rings. The van der Waals surface area contributed by atoms with Gasteiger partial charge in [0.05, 0.1) is 0 Å². The van der Waals surface area contributed by atoms with E-state index >= 15 is 0 Å². The van der Waals surface area contributed by atoms with Gasteiger partial charge in [0.25, 0.3) is 0 Å². The van der Waals surface area contributed by atoms with Gasteiger partial charge >= 0.3 is 0 Å². The van der Waals surface area contributed by atoms with Crippen LogP contribution < -0.4 is 10.2 Å². The lowest BCUT2D eigenvalue weighted by Gasteiger charge is -2.34. The zero-order chi connectivity index (χ0) is 19.3. The molecule has 144 valence electrons. The Morgan fingerprint density at radius 3 is 2.39 bits per heavy atom. The van der Waals surface area contributed by atoms with Gasteiger partial charge in [-0.05, 0) is 54.1 Å². The van der Waals surface area contributed by atoms with E-state index in [0.717, 1.165) is 38.3 Å². The van der Waals surface area contributed by atoms with Gasteiger partial charge in [0.15, 0.2) is 0 Å². The molecule has 0 atom stereocenters. The Kier molecular flexibility index (Phi) is 5.58. The molecule has 4 nitrogen and oxygen atoms in total. The van der Waals surface area contributed by atoms with Crippen molar-refractivity contribution in [1.82, 2.24) is 4.90 Å². The first-order valence-electron chi connectivity index (χ1n) is 9.99. The molecule has 1 saturated heterocycles. The molecule has 1 amide bonds. The van der Waals surface area contributed by atoms with Crippen LogP contribution in [0.4, 0.5) is 11.4 Å². The molecule has 0 bridgehead atoms. The van der Waals surface area contributed by atoms with Crippen molar-refractivity contribution < 1.29 is 4.79 Å². The molecular weight excluding hydrogens is 346 g/mol. The van der Waals surface area contributed by atoms with E-state index in [2.05, 4.69) is 64.6 Å². The minimum Gasteiger partial charge on any atom is -0.369 e. The first-order valence-corrected chi connectivity index (χ1v) is 9.99. The van der Waals surface area contributed by atoms with Crippen molar-refractivity contribution >= 4 is 28.1 Å². The van der Waals surface area contributed by atoms with E-state index in [1.54, 1.807) is 0 Å². The Morgan fingerprint density at radius 1 is 0.893 bits per heavy atom. The zero-order valence-electron chi connectivity index (χ0n) is 16.4. The zero-order valence-corrected chi connectivity index (χ0v) is 16.4. The third kappa shape index (κ3) is 4.34. The van der Waals surface area contributed by atoms with Gasteiger partial charge in [-0.15, -0.1) is 0 Å². The lowest BCUT2D eigenvalue weighted by atomic mass is 10.0. The van der Waals surface area contributed by atoms with Crippen molar-refractivity contribution in [2.24, 2.45) is 0 Å². The van der Waals surface area contributed by atoms with Crippen LogP contribution >= 0.6 is 0 Å². The maximum Gasteiger partial charge on any atom is 0.224 e. The van der Waals surface area contributed by atoms with Gasteiger partial charge in [0, 0.05) is 44.0 Å². The molecule has 4 heteroatoms. The van der Waals surface area contributed by atoms with Gasteiger partial charge in [-0.25, -0.2) is 0 Å². The predicted molar refractivity (Wildman–Crippen MR) is 117 cm³/mol. The topological polar surface area (TPSA) is 35.6 Å². The summed E-state index contributed by atoms with van der Waals surface area (Å²) in [5.74, 6) is 0.0558. The number of hydrogen-bond donors (Lipinski definition) is 1. The van der Waals surface area contributed by atoms with Crippen molar-refractivity contribution in [3.05, 3.63) is 72.3 Å². The first kappa shape index (κ1) is 18.5. The molecular formula is C24H27N3O. The number of amides is 1. The Morgan fingerprint density at radius 2 is 1.61 bits per heavy atom. The van der Waals surface area contributed by atoms with E-state index < -0.39 is 0 Å². The Bertz CT molecular complexity index is 938. The average molecular weight is 374 g/mol. The molecule has 0 saturated carbocycles. The molecule has 0 unspecified atom stereocenters. The Balaban J connectivity index is 1.33. The largest absolute Gasteiger partial charge is 0.369 e. The van der Waals surface area contributed by atoms with Crippen molar-refractivity contribution in [1.29, 1.82) is 0 Å². The summed E-state index contributed by atoms with van der Waals surface area (Å²) in [4.78, 5) is 17.2. The van der Waals surface area contributed by atoms with Crippen molar-refractivity contribution in [3.8, 4) is 0 Å². The van der Waals surface area contributed by atoms with Crippen molar-refractivity contribution in [2.75, 3.05) is 43.4 Å². The number of nitrogens with zero attached hydrogens (tertiary/aromatic N) is 2. The van der Waals surface area contributed by atoms with Gasteiger partial charge in [-0.2, -0.15) is 0 Å². The molecule has 0 aliphatic carbocycles. The number of anilines is 2. The Hall–Kier alpha value is -2.85. The quantitative estimate of drug-likeness (QED) is 0.729. The minimum absolute atomic E-state index is 0.0558. The second-order valence-corrected chi connectivity index (χ2v) is 7.52. The van der Waals surface area contributed by atoms with Crippen molar-refractivity contribution in [2.45, 2.75) is 12.8 Å². The van der Waals surface area contributed by atoms with Gasteiger partial charge in [-0.1, -0.05) is 42.5 Å². The molecule has 1 heterocycles. The number of rotatable bonds is 5. The molecule has 1 aliphatic heterocycles. The predicted octanol–water partition coefficient (Wildman–Crippen LogP) is 4.16. The molecule has 3 aromatic rings. The smallest absolute Gasteiger partial charge is 0.224 e. The first-order chi connectivity index (χ1) is 13.7. The van der Waals surface area contributed by atoms with Crippen LogP contribution in [0.1, 0.15) is 12.0 Å². The number of nitrogens with one attached hydrogen (secondary N) is 1. The maximum absolute atomic E-state index is 12.4. The van der Waals surface area contributed by atoms with Gasteiger partial charge in [0.2, 0.25) is 5.91 Å². The van der Waals surface area contributed by atoms with Crippen LogP contribution in [0.3, 0.4) is 0 Å². The highest BCUT2D eigenvalue weighted by atomic mass is 16.1. The van der Waals surface area contributed by atoms with Crippen LogP contribution in [0.5, 0.6) is 0 Å². The van der Waals surface area contributed by atoms with E-state index in [-0.39, 0.29) is 5.91 Å². The van der Waals surface area contributed by atoms with E-state index in [0.29, 0.717) is 6.42 Å². The number of carbonyl (C=O) groups excluding carboxylic acids is 1. The fourth-order valence-electron chi connectivity index (χ4n) is 3.80. The summed E-state index contributed by atoms with van der Waals surface area (Å²) in [6.45, 7) is 4.28. The number of piperazine rings is 1. The minimum atomic E-state index is 0.0558. The number of hydrogen-bond acceptors (Lipinski definition) is 3. The molecule has 4 rings (SSSR count). The van der Waals surface area contributed by atoms with Gasteiger partial charge < -0.3 is 15.1 Å². The third-order valence-corrected chi connectivity index (χ3v) is 5.52. The fourth-order valence-corrected chi connectivity index (χ4v) is 3.80. The fraction of sp³-hybridized carbons (Fsp3) is 0.292. The molecule has 3 aromatic carbocycles. The van der Waals surface area contributed by atoms with E-state index in [1.807, 2.05) is 24.3 Å². The lowest BCUT2D eigenvalue weighted by Crippen LogP contribution is -2.44. The number of aryl methyl sites for hydroxylation is 1. The molecule has 0 aromatic heterocycles. The second-order valence-electron chi connectivity index (χ2n) is 7.52. The van der Waals surface area contributed by atoms with E-state index in [1.165, 1.54) is 22.0 Å². The highest BCUT2D eigenvalue weighted by molar-refractivity contribution is 5.92. The molecule has 1 fully saturated rings. The van der Waals surface area contributed by atoms with Gasteiger partial charge in [-0.3, -0.25) is 4.79 Å². The Labute approximate surface area is 166 Å². The van der Waals surface area contributed by atoms with Crippen LogP contribution in [-0.4, -0.2) is 44.0 Å². The van der Waals surface area contributed by atoms with Crippen LogP contribution in [-0.2, 0) is 11.2 Å². The summed E-state index contributed by atoms with van der Waals surface area (Å²) in [5.41, 5.74) is 3.31. The maximum atomic E-state index is 12.4. The normalized spacial score (nSPS) is 15.0. The van der Waals surface area contributed by atoms with E-state index in [4.69, 9.17) is 0 Å². The van der Waals surface area contributed by atoms with Crippen LogP contribution in [0.2, 0.25) is 0 Å². The summed E-state index contributed by atoms with van der Waals surface area (Å²) in [6.07, 6.45) is 1.22. The summed E-state index contributed by atoms with van der Waals surface area (Å²) in [7, 11) is 2.16. The highest BCUT2D eigenvalue weighted by Crippen LogP contribution is 2.21. The third-order valence-electron chi connectivity index (χ3n) is 5.52. The van der Waals surface area contributed by atoms with Crippen LogP contribution in [0.25, 0.3) is 10.8 Å². The van der Waals surface area contributed by atoms with E-state index in [9.17, 15) is 4.79 Å². The number of benzene rings is 3.